The Morgan fingerprint density at radius 1 is 1.00 bits per heavy atom. The Morgan fingerprint density at radius 2 is 1.64 bits per heavy atom. The van der Waals surface area contributed by atoms with E-state index in [4.69, 9.17) is 14.2 Å². The molecule has 0 aliphatic heterocycles. The van der Waals surface area contributed by atoms with E-state index >= 15 is 0 Å². The van der Waals surface area contributed by atoms with Gasteiger partial charge >= 0.3 is 5.97 Å². The van der Waals surface area contributed by atoms with Gasteiger partial charge in [-0.05, 0) is 30.7 Å². The molecule has 2 rings (SSSR count). The van der Waals surface area contributed by atoms with Gasteiger partial charge in [0.15, 0.2) is 24.7 Å². The number of nitro groups is 1. The Kier molecular flexibility index (Phi) is 7.77. The molecule has 9 heteroatoms. The Bertz CT molecular complexity index is 821. The van der Waals surface area contributed by atoms with Crippen molar-refractivity contribution < 1.29 is 28.7 Å². The first kappa shape index (κ1) is 20.7. The fourth-order valence-electron chi connectivity index (χ4n) is 2.09. The lowest BCUT2D eigenvalue weighted by molar-refractivity contribution is -0.384. The topological polar surface area (TPSA) is 117 Å². The SMILES string of the molecule is CCCOc1ccccc1OCC(=O)OCC(=O)Nc1ccc([N+](=O)[O-])cc1. The van der Waals surface area contributed by atoms with Crippen LogP contribution < -0.4 is 14.8 Å². The normalized spacial score (nSPS) is 10.0. The Morgan fingerprint density at radius 3 is 2.25 bits per heavy atom. The number of ether oxygens (including phenoxy) is 3. The van der Waals surface area contributed by atoms with Crippen LogP contribution in [0.5, 0.6) is 11.5 Å². The first-order chi connectivity index (χ1) is 13.5. The van der Waals surface area contributed by atoms with E-state index in [0.717, 1.165) is 6.42 Å². The number of amides is 1. The van der Waals surface area contributed by atoms with Crippen LogP contribution in [-0.2, 0) is 14.3 Å². The van der Waals surface area contributed by atoms with E-state index < -0.39 is 23.4 Å². The number of rotatable bonds is 10. The molecule has 0 unspecified atom stereocenters. The number of hydrogen-bond donors (Lipinski definition) is 1. The lowest BCUT2D eigenvalue weighted by Crippen LogP contribution is -2.23. The molecule has 0 atom stereocenters. The average Bonchev–Trinajstić information content (AvgIpc) is 2.70. The second-order valence-corrected chi connectivity index (χ2v) is 5.60. The van der Waals surface area contributed by atoms with E-state index in [-0.39, 0.29) is 12.3 Å². The van der Waals surface area contributed by atoms with E-state index in [2.05, 4.69) is 5.32 Å². The van der Waals surface area contributed by atoms with E-state index in [9.17, 15) is 19.7 Å². The number of hydrogen-bond acceptors (Lipinski definition) is 7. The third kappa shape index (κ3) is 6.60. The highest BCUT2D eigenvalue weighted by atomic mass is 16.6. The highest BCUT2D eigenvalue weighted by molar-refractivity contribution is 5.92. The molecule has 0 aliphatic carbocycles. The monoisotopic (exact) mass is 388 g/mol. The smallest absolute Gasteiger partial charge is 0.344 e. The molecular weight excluding hydrogens is 368 g/mol. The summed E-state index contributed by atoms with van der Waals surface area (Å²) in [6.07, 6.45) is 0.834. The van der Waals surface area contributed by atoms with Crippen LogP contribution in [0.15, 0.2) is 48.5 Å². The molecule has 0 bridgehead atoms. The largest absolute Gasteiger partial charge is 0.490 e. The maximum Gasteiger partial charge on any atom is 0.344 e. The number of nitrogens with one attached hydrogen (secondary N) is 1. The van der Waals surface area contributed by atoms with Gasteiger partial charge in [-0.3, -0.25) is 14.9 Å². The zero-order valence-electron chi connectivity index (χ0n) is 15.3. The summed E-state index contributed by atoms with van der Waals surface area (Å²) >= 11 is 0. The van der Waals surface area contributed by atoms with Gasteiger partial charge in [-0.25, -0.2) is 4.79 Å². The van der Waals surface area contributed by atoms with E-state index in [1.807, 2.05) is 6.92 Å². The van der Waals surface area contributed by atoms with Crippen LogP contribution in [0.4, 0.5) is 11.4 Å². The standard InChI is InChI=1S/C19H20N2O7/c1-2-11-26-16-5-3-4-6-17(16)27-13-19(23)28-12-18(22)20-14-7-9-15(10-8-14)21(24)25/h3-10H,2,11-13H2,1H3,(H,20,22). The van der Waals surface area contributed by atoms with Gasteiger partial charge in [-0.2, -0.15) is 0 Å². The predicted molar refractivity (Wildman–Crippen MR) is 100 cm³/mol. The molecule has 0 aliphatic rings. The fraction of sp³-hybridized carbons (Fsp3) is 0.263. The summed E-state index contributed by atoms with van der Waals surface area (Å²) in [6.45, 7) is 1.61. The van der Waals surface area contributed by atoms with Crippen LogP contribution in [0, 0.1) is 10.1 Å². The summed E-state index contributed by atoms with van der Waals surface area (Å²) in [7, 11) is 0. The van der Waals surface area contributed by atoms with Gasteiger partial charge in [-0.15, -0.1) is 0 Å². The van der Waals surface area contributed by atoms with Crippen molar-refractivity contribution in [2.24, 2.45) is 0 Å². The summed E-state index contributed by atoms with van der Waals surface area (Å²) in [5.74, 6) is -0.366. The minimum atomic E-state index is -0.718. The van der Waals surface area contributed by atoms with E-state index in [1.54, 1.807) is 24.3 Å². The molecular formula is C19H20N2O7. The summed E-state index contributed by atoms with van der Waals surface area (Å²) in [4.78, 5) is 33.6. The van der Waals surface area contributed by atoms with Gasteiger partial charge in [0, 0.05) is 17.8 Å². The van der Waals surface area contributed by atoms with Gasteiger partial charge in [-0.1, -0.05) is 19.1 Å². The van der Waals surface area contributed by atoms with Crippen molar-refractivity contribution >= 4 is 23.3 Å². The highest BCUT2D eigenvalue weighted by Crippen LogP contribution is 2.26. The average molecular weight is 388 g/mol. The molecule has 0 aromatic heterocycles. The molecule has 2 aromatic carbocycles. The van der Waals surface area contributed by atoms with Crippen molar-refractivity contribution in [2.75, 3.05) is 25.1 Å². The van der Waals surface area contributed by atoms with Crippen molar-refractivity contribution in [3.05, 3.63) is 58.6 Å². The highest BCUT2D eigenvalue weighted by Gasteiger charge is 2.12. The first-order valence-electron chi connectivity index (χ1n) is 8.54. The summed E-state index contributed by atoms with van der Waals surface area (Å²) in [5, 5.41) is 13.1. The summed E-state index contributed by atoms with van der Waals surface area (Å²) in [6, 6.07) is 12.2. The second kappa shape index (κ2) is 10.5. The quantitative estimate of drug-likeness (QED) is 0.378. The van der Waals surface area contributed by atoms with Crippen molar-refractivity contribution in [1.29, 1.82) is 0 Å². The number of para-hydroxylation sites is 2. The van der Waals surface area contributed by atoms with Crippen LogP contribution in [0.2, 0.25) is 0 Å². The fourth-order valence-corrected chi connectivity index (χ4v) is 2.09. The van der Waals surface area contributed by atoms with Crippen LogP contribution in [0.3, 0.4) is 0 Å². The number of non-ortho nitro benzene ring substituents is 1. The van der Waals surface area contributed by atoms with E-state index in [0.29, 0.717) is 23.8 Å². The van der Waals surface area contributed by atoms with Gasteiger partial charge in [0.1, 0.15) is 0 Å². The lowest BCUT2D eigenvalue weighted by Gasteiger charge is -2.12. The van der Waals surface area contributed by atoms with Gasteiger partial charge in [0.05, 0.1) is 11.5 Å². The Labute approximate surface area is 161 Å². The lowest BCUT2D eigenvalue weighted by atomic mass is 10.3. The minimum Gasteiger partial charge on any atom is -0.490 e. The van der Waals surface area contributed by atoms with Crippen molar-refractivity contribution in [3.63, 3.8) is 0 Å². The van der Waals surface area contributed by atoms with Crippen molar-refractivity contribution in [2.45, 2.75) is 13.3 Å². The molecule has 0 heterocycles. The van der Waals surface area contributed by atoms with E-state index in [1.165, 1.54) is 24.3 Å². The number of anilines is 1. The van der Waals surface area contributed by atoms with Gasteiger partial charge < -0.3 is 19.5 Å². The first-order valence-corrected chi connectivity index (χ1v) is 8.54. The number of carbonyl (C=O) groups excluding carboxylic acids is 2. The molecule has 0 radical (unpaired) electrons. The molecule has 1 amide bonds. The van der Waals surface area contributed by atoms with Crippen LogP contribution in [0.1, 0.15) is 13.3 Å². The third-order valence-corrected chi connectivity index (χ3v) is 3.38. The number of nitrogens with zero attached hydrogens (tertiary/aromatic N) is 1. The number of carbonyl (C=O) groups is 2. The molecule has 0 saturated heterocycles. The third-order valence-electron chi connectivity index (χ3n) is 3.38. The number of nitro benzene ring substituents is 1. The van der Waals surface area contributed by atoms with Crippen LogP contribution >= 0.6 is 0 Å². The Hall–Kier alpha value is -3.62. The Balaban J connectivity index is 1.76. The number of esters is 1. The van der Waals surface area contributed by atoms with Crippen LogP contribution in [-0.4, -0.2) is 36.6 Å². The molecule has 0 spiro atoms. The molecule has 0 saturated carbocycles. The summed E-state index contributed by atoms with van der Waals surface area (Å²) in [5.41, 5.74) is 0.259. The molecule has 148 valence electrons. The zero-order chi connectivity index (χ0) is 20.4. The van der Waals surface area contributed by atoms with Gasteiger partial charge in [0.2, 0.25) is 0 Å². The zero-order valence-corrected chi connectivity index (χ0v) is 15.3. The maximum absolute atomic E-state index is 11.8. The molecule has 1 N–H and O–H groups in total. The molecule has 2 aromatic rings. The molecule has 9 nitrogen and oxygen atoms in total. The van der Waals surface area contributed by atoms with Crippen LogP contribution in [0.25, 0.3) is 0 Å². The van der Waals surface area contributed by atoms with Crippen molar-refractivity contribution in [1.82, 2.24) is 0 Å². The number of benzene rings is 2. The van der Waals surface area contributed by atoms with Gasteiger partial charge in [0.25, 0.3) is 11.6 Å². The maximum atomic E-state index is 11.8. The summed E-state index contributed by atoms with van der Waals surface area (Å²) < 4.78 is 15.8. The second-order valence-electron chi connectivity index (χ2n) is 5.60. The molecule has 0 fully saturated rings. The molecule has 28 heavy (non-hydrogen) atoms. The minimum absolute atomic E-state index is 0.0928. The predicted octanol–water partition coefficient (Wildman–Crippen LogP) is 2.94. The van der Waals surface area contributed by atoms with Crippen molar-refractivity contribution in [3.8, 4) is 11.5 Å².